The Morgan fingerprint density at radius 1 is 1.38 bits per heavy atom. The quantitative estimate of drug-likeness (QED) is 0.655. The van der Waals surface area contributed by atoms with E-state index in [4.69, 9.17) is 5.26 Å². The van der Waals surface area contributed by atoms with Crippen LogP contribution in [0.25, 0.3) is 0 Å². The lowest BCUT2D eigenvalue weighted by molar-refractivity contribution is 0.107. The van der Waals surface area contributed by atoms with Crippen LogP contribution in [0.4, 0.5) is 0 Å². The van der Waals surface area contributed by atoms with Crippen molar-refractivity contribution in [2.75, 3.05) is 11.5 Å². The van der Waals surface area contributed by atoms with E-state index in [2.05, 4.69) is 0 Å². The lowest BCUT2D eigenvalue weighted by Crippen LogP contribution is -2.19. The molecule has 0 aromatic carbocycles. The van der Waals surface area contributed by atoms with E-state index < -0.39 is 15.9 Å². The van der Waals surface area contributed by atoms with Crippen LogP contribution in [0.5, 0.6) is 0 Å². The van der Waals surface area contributed by atoms with Gasteiger partial charge in [0.25, 0.3) is 0 Å². The van der Waals surface area contributed by atoms with Crippen molar-refractivity contribution < 1.29 is 13.5 Å². The molecule has 0 saturated carbocycles. The Kier molecular flexibility index (Phi) is 3.28. The van der Waals surface area contributed by atoms with Gasteiger partial charge >= 0.3 is 0 Å². The van der Waals surface area contributed by atoms with Crippen LogP contribution in [0.3, 0.4) is 0 Å². The molecule has 0 spiro atoms. The van der Waals surface area contributed by atoms with Gasteiger partial charge < -0.3 is 5.11 Å². The second-order valence-corrected chi connectivity index (χ2v) is 5.72. The summed E-state index contributed by atoms with van der Waals surface area (Å²) in [6.45, 7) is 0. The Bertz CT molecular complexity index is 304. The van der Waals surface area contributed by atoms with E-state index in [1.807, 2.05) is 6.07 Å². The molecular weight excluding hydrogens is 190 g/mol. The van der Waals surface area contributed by atoms with Gasteiger partial charge in [-0.15, -0.1) is 0 Å². The number of aliphatic hydroxyl groups is 1. The summed E-state index contributed by atoms with van der Waals surface area (Å²) in [5.41, 5.74) is 0. The molecule has 0 aliphatic carbocycles. The highest BCUT2D eigenvalue weighted by atomic mass is 32.2. The predicted molar refractivity (Wildman–Crippen MR) is 47.6 cm³/mol. The minimum absolute atomic E-state index is 0.0517. The highest BCUT2D eigenvalue weighted by Crippen LogP contribution is 2.21. The molecule has 1 saturated heterocycles. The van der Waals surface area contributed by atoms with Gasteiger partial charge in [-0.3, -0.25) is 0 Å². The van der Waals surface area contributed by atoms with Crippen LogP contribution in [-0.2, 0) is 9.84 Å². The number of nitriles is 1. The maximum atomic E-state index is 11.2. The SMILES string of the molecule is N#CCC1CCS(=O)(=O)CCC1O. The van der Waals surface area contributed by atoms with Crippen LogP contribution in [0.15, 0.2) is 0 Å². The Morgan fingerprint density at radius 3 is 2.62 bits per heavy atom. The first-order valence-corrected chi connectivity index (χ1v) is 6.13. The molecule has 0 radical (unpaired) electrons. The van der Waals surface area contributed by atoms with Crippen molar-refractivity contribution in [2.45, 2.75) is 25.4 Å². The highest BCUT2D eigenvalue weighted by molar-refractivity contribution is 7.91. The maximum absolute atomic E-state index is 11.2. The monoisotopic (exact) mass is 203 g/mol. The molecule has 1 N–H and O–H groups in total. The van der Waals surface area contributed by atoms with E-state index in [-0.39, 0.29) is 30.3 Å². The third-order valence-corrected chi connectivity index (χ3v) is 4.14. The third kappa shape index (κ3) is 2.98. The first-order chi connectivity index (χ1) is 6.05. The zero-order valence-electron chi connectivity index (χ0n) is 7.31. The molecule has 0 bridgehead atoms. The highest BCUT2D eigenvalue weighted by Gasteiger charge is 2.27. The van der Waals surface area contributed by atoms with Gasteiger partial charge in [0.1, 0.15) is 9.84 Å². The van der Waals surface area contributed by atoms with E-state index in [1.165, 1.54) is 0 Å². The summed E-state index contributed by atoms with van der Waals surface area (Å²) in [6, 6.07) is 1.97. The fourth-order valence-electron chi connectivity index (χ4n) is 1.52. The summed E-state index contributed by atoms with van der Waals surface area (Å²) < 4.78 is 22.3. The molecule has 2 unspecified atom stereocenters. The molecule has 0 aromatic heterocycles. The van der Waals surface area contributed by atoms with Crippen LogP contribution in [-0.4, -0.2) is 31.1 Å². The molecule has 0 aromatic rings. The van der Waals surface area contributed by atoms with Crippen molar-refractivity contribution in [3.63, 3.8) is 0 Å². The largest absolute Gasteiger partial charge is 0.393 e. The van der Waals surface area contributed by atoms with Gasteiger partial charge in [-0.1, -0.05) is 0 Å². The van der Waals surface area contributed by atoms with E-state index in [0.29, 0.717) is 6.42 Å². The Morgan fingerprint density at radius 2 is 2.00 bits per heavy atom. The van der Waals surface area contributed by atoms with Crippen LogP contribution < -0.4 is 0 Å². The number of hydrogen-bond acceptors (Lipinski definition) is 4. The van der Waals surface area contributed by atoms with Crippen molar-refractivity contribution in [1.82, 2.24) is 0 Å². The number of aliphatic hydroxyl groups excluding tert-OH is 1. The summed E-state index contributed by atoms with van der Waals surface area (Å²) in [4.78, 5) is 0. The van der Waals surface area contributed by atoms with Crippen LogP contribution >= 0.6 is 0 Å². The number of rotatable bonds is 1. The topological polar surface area (TPSA) is 78.2 Å². The second kappa shape index (κ2) is 4.07. The minimum atomic E-state index is -2.97. The standard InChI is InChI=1S/C8H13NO3S/c9-4-1-7-2-5-13(11,12)6-3-8(7)10/h7-8,10H,1-3,5-6H2. The molecule has 74 valence electrons. The molecule has 0 amide bonds. The summed E-state index contributed by atoms with van der Waals surface area (Å²) in [6.07, 6.45) is 0.305. The molecule has 4 nitrogen and oxygen atoms in total. The van der Waals surface area contributed by atoms with Gasteiger partial charge in [0.05, 0.1) is 23.7 Å². The van der Waals surface area contributed by atoms with Crippen molar-refractivity contribution >= 4 is 9.84 Å². The molecule has 1 fully saturated rings. The molecule has 5 heteroatoms. The Labute approximate surface area is 78.1 Å². The zero-order valence-corrected chi connectivity index (χ0v) is 8.13. The Balaban J connectivity index is 2.66. The first-order valence-electron chi connectivity index (χ1n) is 4.30. The fourth-order valence-corrected chi connectivity index (χ4v) is 2.98. The number of nitrogens with zero attached hydrogens (tertiary/aromatic N) is 1. The Hall–Kier alpha value is -0.600. The van der Waals surface area contributed by atoms with E-state index in [0.717, 1.165) is 0 Å². The molecule has 1 aliphatic rings. The van der Waals surface area contributed by atoms with Crippen molar-refractivity contribution in [3.05, 3.63) is 0 Å². The van der Waals surface area contributed by atoms with Gasteiger partial charge in [0, 0.05) is 6.42 Å². The second-order valence-electron chi connectivity index (χ2n) is 3.42. The van der Waals surface area contributed by atoms with Gasteiger partial charge in [0.2, 0.25) is 0 Å². The van der Waals surface area contributed by atoms with Gasteiger partial charge in [-0.25, -0.2) is 8.42 Å². The van der Waals surface area contributed by atoms with Crippen molar-refractivity contribution in [2.24, 2.45) is 5.92 Å². The number of sulfone groups is 1. The summed E-state index contributed by atoms with van der Waals surface area (Å²) in [5.74, 6) is -0.00533. The average Bonchev–Trinajstić information content (AvgIpc) is 2.18. The minimum Gasteiger partial charge on any atom is -0.393 e. The molecule has 1 rings (SSSR count). The molecule has 13 heavy (non-hydrogen) atoms. The van der Waals surface area contributed by atoms with Gasteiger partial charge in [-0.2, -0.15) is 5.26 Å². The predicted octanol–water partition coefficient (Wildman–Crippen LogP) is 0.0858. The first kappa shape index (κ1) is 10.5. The maximum Gasteiger partial charge on any atom is 0.150 e. The van der Waals surface area contributed by atoms with Crippen LogP contribution in [0, 0.1) is 17.2 Å². The van der Waals surface area contributed by atoms with Crippen LogP contribution in [0.1, 0.15) is 19.3 Å². The summed E-state index contributed by atoms with van der Waals surface area (Å²) >= 11 is 0. The lowest BCUT2D eigenvalue weighted by atomic mass is 9.95. The number of hydrogen-bond donors (Lipinski definition) is 1. The zero-order chi connectivity index (χ0) is 9.90. The van der Waals surface area contributed by atoms with Gasteiger partial charge in [0.15, 0.2) is 0 Å². The molecule has 1 aliphatic heterocycles. The van der Waals surface area contributed by atoms with Crippen molar-refractivity contribution in [3.8, 4) is 6.07 Å². The average molecular weight is 203 g/mol. The normalized spacial score (nSPS) is 33.2. The fraction of sp³-hybridized carbons (Fsp3) is 0.875. The lowest BCUT2D eigenvalue weighted by Gasteiger charge is -2.15. The molecular formula is C8H13NO3S. The van der Waals surface area contributed by atoms with Crippen LogP contribution in [0.2, 0.25) is 0 Å². The van der Waals surface area contributed by atoms with Gasteiger partial charge in [-0.05, 0) is 18.8 Å². The van der Waals surface area contributed by atoms with Crippen molar-refractivity contribution in [1.29, 1.82) is 5.26 Å². The van der Waals surface area contributed by atoms with E-state index >= 15 is 0 Å². The summed E-state index contributed by atoms with van der Waals surface area (Å²) in [5, 5.41) is 17.9. The van der Waals surface area contributed by atoms with E-state index in [9.17, 15) is 13.5 Å². The summed E-state index contributed by atoms with van der Waals surface area (Å²) in [7, 11) is -2.97. The smallest absolute Gasteiger partial charge is 0.150 e. The van der Waals surface area contributed by atoms with E-state index in [1.54, 1.807) is 0 Å². The third-order valence-electron chi connectivity index (χ3n) is 2.42. The molecule has 1 heterocycles. The molecule has 2 atom stereocenters.